The van der Waals surface area contributed by atoms with Crippen LogP contribution in [0.2, 0.25) is 0 Å². The lowest BCUT2D eigenvalue weighted by Gasteiger charge is -2.40. The van der Waals surface area contributed by atoms with E-state index in [-0.39, 0.29) is 31.8 Å². The second kappa shape index (κ2) is 18.4. The number of allylic oxidation sites excluding steroid dienone is 1. The minimum atomic E-state index is -4.15. The van der Waals surface area contributed by atoms with Gasteiger partial charge < -0.3 is 29.9 Å². The van der Waals surface area contributed by atoms with Crippen molar-refractivity contribution in [3.63, 3.8) is 0 Å². The number of piperidine rings is 1. The van der Waals surface area contributed by atoms with E-state index in [0.717, 1.165) is 44.3 Å². The van der Waals surface area contributed by atoms with Crippen LogP contribution >= 0.6 is 0 Å². The van der Waals surface area contributed by atoms with Crippen LogP contribution in [-0.4, -0.2) is 132 Å². The predicted molar refractivity (Wildman–Crippen MR) is 223 cm³/mol. The first-order valence-electron chi connectivity index (χ1n) is 22.0. The highest BCUT2D eigenvalue weighted by molar-refractivity contribution is 7.87. The third-order valence-electron chi connectivity index (χ3n) is 12.8. The number of fused-ring (bicyclic) bond motifs is 3. The highest BCUT2D eigenvalue weighted by Crippen LogP contribution is 2.46. The molecular weight excluding hydrogens is 791 g/mol. The summed E-state index contributed by atoms with van der Waals surface area (Å²) < 4.78 is 41.7. The summed E-state index contributed by atoms with van der Waals surface area (Å²) in [6.45, 7) is 8.67. The van der Waals surface area contributed by atoms with Crippen LogP contribution in [0.1, 0.15) is 115 Å². The molecule has 6 atom stereocenters. The summed E-state index contributed by atoms with van der Waals surface area (Å²) in [6, 6.07) is 5.69. The Morgan fingerprint density at radius 1 is 0.933 bits per heavy atom. The molecule has 3 N–H and O–H groups in total. The monoisotopic (exact) mass is 853 g/mol. The highest BCUT2D eigenvalue weighted by atomic mass is 32.2. The smallest absolute Gasteiger partial charge is 0.410 e. The van der Waals surface area contributed by atoms with E-state index in [1.54, 1.807) is 25.7 Å². The van der Waals surface area contributed by atoms with E-state index in [1.165, 1.54) is 21.2 Å². The normalized spacial score (nSPS) is 29.6. The molecule has 4 fully saturated rings. The summed E-state index contributed by atoms with van der Waals surface area (Å²) >= 11 is 0. The maximum Gasteiger partial charge on any atom is 0.410 e. The number of alkyl carbamates (subject to hydrolysis) is 1. The molecule has 0 aromatic heterocycles. The second-order valence-electron chi connectivity index (χ2n) is 18.3. The minimum absolute atomic E-state index is 0.0615. The first kappa shape index (κ1) is 43.9. The number of nitrogens with one attached hydrogen (secondary N) is 3. The Morgan fingerprint density at radius 2 is 1.65 bits per heavy atom. The fourth-order valence-corrected chi connectivity index (χ4v) is 10.8. The van der Waals surface area contributed by atoms with Gasteiger partial charge in [0, 0.05) is 38.5 Å². The summed E-state index contributed by atoms with van der Waals surface area (Å²) in [6.07, 6.45) is 10.2. The molecule has 330 valence electrons. The van der Waals surface area contributed by atoms with Crippen molar-refractivity contribution in [1.82, 2.24) is 34.4 Å². The number of hydrogen-bond donors (Lipinski definition) is 3. The maximum atomic E-state index is 14.6. The molecule has 2 unspecified atom stereocenters. The summed E-state index contributed by atoms with van der Waals surface area (Å²) in [7, 11) is -4.15. The topological polar surface area (TPSA) is 187 Å². The van der Waals surface area contributed by atoms with Gasteiger partial charge in [0.2, 0.25) is 11.8 Å². The molecule has 5 heterocycles. The van der Waals surface area contributed by atoms with Crippen LogP contribution in [-0.2, 0) is 40.5 Å². The molecule has 1 aliphatic carbocycles. The third kappa shape index (κ3) is 10.3. The lowest BCUT2D eigenvalue weighted by atomic mass is 9.92. The van der Waals surface area contributed by atoms with E-state index in [9.17, 15) is 32.4 Å². The van der Waals surface area contributed by atoms with Crippen molar-refractivity contribution >= 4 is 40.1 Å². The first-order chi connectivity index (χ1) is 28.6. The Bertz CT molecular complexity index is 1910. The van der Waals surface area contributed by atoms with Gasteiger partial charge in [0.1, 0.15) is 29.3 Å². The molecule has 1 aromatic rings. The Hall–Kier alpha value is -4.22. The zero-order valence-corrected chi connectivity index (χ0v) is 36.2. The highest BCUT2D eigenvalue weighted by Gasteiger charge is 2.62. The van der Waals surface area contributed by atoms with Crippen molar-refractivity contribution in [2.75, 3.05) is 45.8 Å². The second-order valence-corrected chi connectivity index (χ2v) is 20.0. The standard InChI is InChI=1S/C43H63N7O9S/c1-42(2,3)59-40(54)44-34-19-9-6-4-5-8-17-31-27-43(31,39(53)46-60(56,57)48-23-14-15-24-48)45-37(51)35-26-32(28-50(35)38(34)52)58-41(55)49-25-20-30-16-10-11-18-33(30)36(49)29-47-21-12-7-13-22-47/h8,10-11,16-18,31-32,34-36H,4-7,9,12-15,19-29H2,1-3H3,(H,44,54)(H,45,51)(H,46,53)/t31?,32-,34+,35+,36?,43-/m1/s1. The first-order valence-corrected chi connectivity index (χ1v) is 23.5. The van der Waals surface area contributed by atoms with Crippen LogP contribution in [0.5, 0.6) is 0 Å². The molecule has 17 heteroatoms. The number of ether oxygens (including phenoxy) is 2. The molecular formula is C43H63N7O9S. The summed E-state index contributed by atoms with van der Waals surface area (Å²) in [5.74, 6) is -2.52. The molecule has 7 rings (SSSR count). The molecule has 5 aliphatic heterocycles. The molecule has 16 nitrogen and oxygen atoms in total. The van der Waals surface area contributed by atoms with Crippen molar-refractivity contribution in [3.05, 3.63) is 47.5 Å². The van der Waals surface area contributed by atoms with E-state index in [2.05, 4.69) is 32.4 Å². The molecule has 6 aliphatic rings. The average molecular weight is 854 g/mol. The molecule has 1 saturated carbocycles. The zero-order valence-electron chi connectivity index (χ0n) is 35.4. The maximum absolute atomic E-state index is 14.6. The SMILES string of the molecule is CC(C)(C)OC(=O)N[C@H]1CCCCCC=CC2C[C@@]2(C(=O)NS(=O)(=O)N2CCCC2)NC(=O)[C@@H]2C[C@@H](OC(=O)N3CCc4ccccc4C3CN3CCCCC3)CN2C1=O. The van der Waals surface area contributed by atoms with Crippen molar-refractivity contribution in [2.45, 2.75) is 140 Å². The Balaban J connectivity index is 1.15. The van der Waals surface area contributed by atoms with Crippen molar-refractivity contribution in [3.8, 4) is 0 Å². The van der Waals surface area contributed by atoms with Crippen LogP contribution in [0.15, 0.2) is 36.4 Å². The number of nitrogens with zero attached hydrogens (tertiary/aromatic N) is 4. The van der Waals surface area contributed by atoms with Crippen LogP contribution in [0.3, 0.4) is 0 Å². The number of carbonyl (C=O) groups excluding carboxylic acids is 5. The van der Waals surface area contributed by atoms with Gasteiger partial charge in [0.25, 0.3) is 5.91 Å². The van der Waals surface area contributed by atoms with Crippen LogP contribution in [0.25, 0.3) is 0 Å². The van der Waals surface area contributed by atoms with Crippen LogP contribution < -0.4 is 15.4 Å². The molecule has 0 radical (unpaired) electrons. The van der Waals surface area contributed by atoms with Gasteiger partial charge in [-0.2, -0.15) is 12.7 Å². The van der Waals surface area contributed by atoms with Crippen molar-refractivity contribution < 1.29 is 41.9 Å². The number of amides is 5. The Morgan fingerprint density at radius 3 is 2.40 bits per heavy atom. The Kier molecular flexibility index (Phi) is 13.5. The summed E-state index contributed by atoms with van der Waals surface area (Å²) in [5.41, 5.74) is -0.117. The quantitative estimate of drug-likeness (QED) is 0.340. The average Bonchev–Trinajstić information content (AvgIpc) is 3.50. The number of likely N-dealkylation sites (tertiary alicyclic amines) is 1. The molecule has 0 bridgehead atoms. The van der Waals surface area contributed by atoms with E-state index in [4.69, 9.17) is 9.47 Å². The van der Waals surface area contributed by atoms with E-state index < -0.39 is 75.4 Å². The van der Waals surface area contributed by atoms with Gasteiger partial charge in [-0.3, -0.25) is 19.3 Å². The van der Waals surface area contributed by atoms with Crippen LogP contribution in [0, 0.1) is 5.92 Å². The summed E-state index contributed by atoms with van der Waals surface area (Å²) in [5, 5.41) is 5.63. The van der Waals surface area contributed by atoms with Crippen molar-refractivity contribution in [1.29, 1.82) is 0 Å². The van der Waals surface area contributed by atoms with Gasteiger partial charge in [-0.25, -0.2) is 14.3 Å². The van der Waals surface area contributed by atoms with Gasteiger partial charge in [-0.1, -0.05) is 55.7 Å². The summed E-state index contributed by atoms with van der Waals surface area (Å²) in [4.78, 5) is 76.1. The van der Waals surface area contributed by atoms with Gasteiger partial charge >= 0.3 is 22.4 Å². The van der Waals surface area contributed by atoms with Crippen molar-refractivity contribution in [2.24, 2.45) is 5.92 Å². The number of hydrogen-bond acceptors (Lipinski definition) is 10. The zero-order chi connectivity index (χ0) is 42.7. The van der Waals surface area contributed by atoms with Gasteiger partial charge in [0.05, 0.1) is 12.6 Å². The van der Waals surface area contributed by atoms with E-state index in [0.29, 0.717) is 58.3 Å². The lowest BCUT2D eigenvalue weighted by Crippen LogP contribution is -2.59. The number of benzene rings is 1. The molecule has 3 saturated heterocycles. The largest absolute Gasteiger partial charge is 0.444 e. The van der Waals surface area contributed by atoms with E-state index >= 15 is 0 Å². The Labute approximate surface area is 354 Å². The molecule has 60 heavy (non-hydrogen) atoms. The fraction of sp³-hybridized carbons (Fsp3) is 0.698. The molecule has 5 amide bonds. The van der Waals surface area contributed by atoms with Gasteiger partial charge in [-0.15, -0.1) is 0 Å². The minimum Gasteiger partial charge on any atom is -0.444 e. The lowest BCUT2D eigenvalue weighted by molar-refractivity contribution is -0.141. The molecule has 1 aromatic carbocycles. The predicted octanol–water partition coefficient (Wildman–Crippen LogP) is 3.92. The third-order valence-corrected chi connectivity index (χ3v) is 14.2. The van der Waals surface area contributed by atoms with Crippen LogP contribution in [0.4, 0.5) is 9.59 Å². The fourth-order valence-electron chi connectivity index (χ4n) is 9.48. The van der Waals surface area contributed by atoms with E-state index in [1.807, 2.05) is 24.3 Å². The van der Waals surface area contributed by atoms with Gasteiger partial charge in [0.15, 0.2) is 0 Å². The number of carbonyl (C=O) groups is 5. The number of rotatable bonds is 7. The molecule has 0 spiro atoms. The van der Waals surface area contributed by atoms with Gasteiger partial charge in [-0.05, 0) is 103 Å².